The highest BCUT2D eigenvalue weighted by Gasteiger charge is 2.33. The van der Waals surface area contributed by atoms with Gasteiger partial charge < -0.3 is 9.72 Å². The van der Waals surface area contributed by atoms with Gasteiger partial charge in [0.2, 0.25) is 0 Å². The van der Waals surface area contributed by atoms with Gasteiger partial charge in [0.15, 0.2) is 4.80 Å². The number of aryl methyl sites for hydroxylation is 2. The van der Waals surface area contributed by atoms with E-state index in [1.165, 1.54) is 11.3 Å². The van der Waals surface area contributed by atoms with Crippen LogP contribution in [0.2, 0.25) is 5.02 Å². The Morgan fingerprint density at radius 1 is 1.10 bits per heavy atom. The summed E-state index contributed by atoms with van der Waals surface area (Å²) in [5, 5.41) is 1.61. The molecule has 8 heteroatoms. The average molecular weight is 582 g/mol. The van der Waals surface area contributed by atoms with E-state index in [0.29, 0.717) is 25.6 Å². The minimum Gasteiger partial charge on any atom is -0.463 e. The number of allylic oxidation sites excluding steroid dienone is 1. The van der Waals surface area contributed by atoms with Crippen molar-refractivity contribution in [1.82, 2.24) is 9.55 Å². The number of rotatable bonds is 5. The third kappa shape index (κ3) is 4.75. The van der Waals surface area contributed by atoms with Gasteiger partial charge in [0.1, 0.15) is 0 Å². The quantitative estimate of drug-likeness (QED) is 0.250. The van der Waals surface area contributed by atoms with Crippen molar-refractivity contribution in [3.05, 3.63) is 125 Å². The molecule has 1 atom stereocenters. The third-order valence-corrected chi connectivity index (χ3v) is 8.56. The molecule has 0 amide bonds. The molecular formula is C33H28ClN3O3S. The van der Waals surface area contributed by atoms with Gasteiger partial charge in [-0.15, -0.1) is 0 Å². The van der Waals surface area contributed by atoms with Crippen molar-refractivity contribution in [2.24, 2.45) is 4.99 Å². The number of nitrogens with one attached hydrogen (secondary N) is 1. The van der Waals surface area contributed by atoms with Gasteiger partial charge in [-0.25, -0.2) is 9.79 Å². The van der Waals surface area contributed by atoms with Gasteiger partial charge in [0.05, 0.1) is 34.1 Å². The van der Waals surface area contributed by atoms with Crippen LogP contribution in [0.3, 0.4) is 0 Å². The number of halogens is 1. The minimum atomic E-state index is -0.689. The lowest BCUT2D eigenvalue weighted by atomic mass is 9.96. The van der Waals surface area contributed by atoms with Crippen LogP contribution in [-0.4, -0.2) is 22.1 Å². The Morgan fingerprint density at radius 2 is 1.83 bits per heavy atom. The second-order valence-corrected chi connectivity index (χ2v) is 11.6. The van der Waals surface area contributed by atoms with Gasteiger partial charge in [-0.3, -0.25) is 9.36 Å². The van der Waals surface area contributed by atoms with Crippen LogP contribution in [0.5, 0.6) is 0 Å². The number of aromatic nitrogens is 2. The molecule has 3 aromatic carbocycles. The Bertz CT molecular complexity index is 2030. The van der Waals surface area contributed by atoms with Crippen molar-refractivity contribution in [2.75, 3.05) is 6.61 Å². The van der Waals surface area contributed by atoms with Gasteiger partial charge in [-0.2, -0.15) is 0 Å². The first-order valence-electron chi connectivity index (χ1n) is 13.4. The summed E-state index contributed by atoms with van der Waals surface area (Å²) in [5.41, 5.74) is 7.62. The van der Waals surface area contributed by atoms with E-state index < -0.39 is 12.0 Å². The summed E-state index contributed by atoms with van der Waals surface area (Å²) in [4.78, 5) is 36.2. The minimum absolute atomic E-state index is 0.217. The lowest BCUT2D eigenvalue weighted by molar-refractivity contribution is -0.139. The predicted molar refractivity (Wildman–Crippen MR) is 165 cm³/mol. The highest BCUT2D eigenvalue weighted by molar-refractivity contribution is 7.07. The highest BCUT2D eigenvalue weighted by atomic mass is 35.5. The van der Waals surface area contributed by atoms with E-state index in [-0.39, 0.29) is 12.2 Å². The van der Waals surface area contributed by atoms with Crippen molar-refractivity contribution in [3.63, 3.8) is 0 Å². The van der Waals surface area contributed by atoms with Gasteiger partial charge in [-0.1, -0.05) is 77.0 Å². The second-order valence-electron chi connectivity index (χ2n) is 10.1. The smallest absolute Gasteiger partial charge is 0.338 e. The van der Waals surface area contributed by atoms with E-state index in [4.69, 9.17) is 21.3 Å². The van der Waals surface area contributed by atoms with Crippen molar-refractivity contribution < 1.29 is 9.53 Å². The standard InChI is InChI=1S/C33H28ClN3O3S/c1-5-40-32(39)27-20(4)35-33-37(30(27)22-11-13-23(34)14-12-22)31(38)26(41-33)17-25-24-16-18(2)15-19(3)28(24)36-29(25)21-9-7-6-8-10-21/h6-17,30,36H,5H2,1-4H3/b26-17+/t30-/m0/s1. The summed E-state index contributed by atoms with van der Waals surface area (Å²) in [6.07, 6.45) is 1.95. The Labute approximate surface area is 245 Å². The van der Waals surface area contributed by atoms with E-state index in [2.05, 4.69) is 43.1 Å². The fraction of sp³-hybridized carbons (Fsp3) is 0.182. The third-order valence-electron chi connectivity index (χ3n) is 7.33. The van der Waals surface area contributed by atoms with Crippen molar-refractivity contribution >= 4 is 45.9 Å². The zero-order valence-corrected chi connectivity index (χ0v) is 24.7. The van der Waals surface area contributed by atoms with Crippen LogP contribution in [0.25, 0.3) is 28.2 Å². The van der Waals surface area contributed by atoms with Gasteiger partial charge in [0.25, 0.3) is 5.56 Å². The number of H-pyrrole nitrogens is 1. The molecule has 0 spiro atoms. The van der Waals surface area contributed by atoms with Gasteiger partial charge in [0, 0.05) is 21.5 Å². The van der Waals surface area contributed by atoms with Crippen LogP contribution in [0, 0.1) is 13.8 Å². The first-order valence-corrected chi connectivity index (χ1v) is 14.6. The van der Waals surface area contributed by atoms with E-state index in [9.17, 15) is 9.59 Å². The number of aromatic amines is 1. The summed E-state index contributed by atoms with van der Waals surface area (Å²) < 4.78 is 7.53. The fourth-order valence-corrected chi connectivity index (χ4v) is 6.69. The molecule has 0 bridgehead atoms. The zero-order chi connectivity index (χ0) is 28.8. The molecule has 1 N–H and O–H groups in total. The maximum atomic E-state index is 14.2. The van der Waals surface area contributed by atoms with Crippen LogP contribution < -0.4 is 14.9 Å². The topological polar surface area (TPSA) is 76.4 Å². The molecule has 0 saturated heterocycles. The molecule has 206 valence electrons. The molecule has 0 unspecified atom stereocenters. The number of nitrogens with zero attached hydrogens (tertiary/aromatic N) is 2. The lowest BCUT2D eigenvalue weighted by Crippen LogP contribution is -2.39. The number of hydrogen-bond donors (Lipinski definition) is 1. The van der Waals surface area contributed by atoms with Crippen molar-refractivity contribution in [1.29, 1.82) is 0 Å². The fourth-order valence-electron chi connectivity index (χ4n) is 5.54. The Kier molecular flexibility index (Phi) is 7.01. The molecule has 1 aliphatic heterocycles. The van der Waals surface area contributed by atoms with Crippen LogP contribution in [0.15, 0.2) is 87.8 Å². The monoisotopic (exact) mass is 581 g/mol. The summed E-state index contributed by atoms with van der Waals surface area (Å²) >= 11 is 7.50. The molecule has 0 aliphatic carbocycles. The van der Waals surface area contributed by atoms with E-state index in [1.54, 1.807) is 30.5 Å². The van der Waals surface area contributed by atoms with Crippen LogP contribution in [0.4, 0.5) is 0 Å². The van der Waals surface area contributed by atoms with Crippen molar-refractivity contribution in [2.45, 2.75) is 33.7 Å². The molecule has 2 aromatic heterocycles. The molecule has 0 fully saturated rings. The van der Waals surface area contributed by atoms with Gasteiger partial charge in [-0.05, 0) is 68.7 Å². The van der Waals surface area contributed by atoms with E-state index >= 15 is 0 Å². The van der Waals surface area contributed by atoms with Crippen molar-refractivity contribution in [3.8, 4) is 11.3 Å². The number of esters is 1. The average Bonchev–Trinajstić information content (AvgIpc) is 3.46. The summed E-state index contributed by atoms with van der Waals surface area (Å²) in [5.74, 6) is -0.489. The van der Waals surface area contributed by atoms with Crippen LogP contribution in [0.1, 0.15) is 42.1 Å². The Hall–Kier alpha value is -4.20. The summed E-state index contributed by atoms with van der Waals surface area (Å²) in [7, 11) is 0. The molecule has 5 aromatic rings. The summed E-state index contributed by atoms with van der Waals surface area (Å²) in [6, 6.07) is 20.9. The number of fused-ring (bicyclic) bond motifs is 2. The largest absolute Gasteiger partial charge is 0.463 e. The number of thiazole rings is 1. The molecule has 6 nitrogen and oxygen atoms in total. The van der Waals surface area contributed by atoms with Crippen LogP contribution in [-0.2, 0) is 9.53 Å². The summed E-state index contributed by atoms with van der Waals surface area (Å²) in [6.45, 7) is 7.92. The second kappa shape index (κ2) is 10.7. The predicted octanol–water partition coefficient (Wildman–Crippen LogP) is 6.22. The van der Waals surface area contributed by atoms with E-state index in [1.807, 2.05) is 36.4 Å². The lowest BCUT2D eigenvalue weighted by Gasteiger charge is -2.24. The molecule has 6 rings (SSSR count). The number of ether oxygens (including phenoxy) is 1. The number of carbonyl (C=O) groups excluding carboxylic acids is 1. The number of benzene rings is 3. The Morgan fingerprint density at radius 3 is 2.54 bits per heavy atom. The zero-order valence-electron chi connectivity index (χ0n) is 23.1. The molecule has 0 radical (unpaired) electrons. The molecule has 3 heterocycles. The maximum Gasteiger partial charge on any atom is 0.338 e. The molecule has 0 saturated carbocycles. The van der Waals surface area contributed by atoms with Crippen LogP contribution >= 0.6 is 22.9 Å². The number of hydrogen-bond acceptors (Lipinski definition) is 5. The first-order chi connectivity index (χ1) is 19.8. The Balaban J connectivity index is 1.63. The maximum absolute atomic E-state index is 14.2. The highest BCUT2D eigenvalue weighted by Crippen LogP contribution is 2.34. The number of carbonyl (C=O) groups is 1. The molecule has 41 heavy (non-hydrogen) atoms. The first kappa shape index (κ1) is 27.0. The SMILES string of the molecule is CCOC(=O)C1=C(C)N=c2s/c(=C/c3c(-c4ccccc4)[nH]c4c(C)cc(C)cc34)c(=O)n2[C@H]1c1ccc(Cl)cc1. The molecule has 1 aliphatic rings. The molecular weight excluding hydrogens is 554 g/mol. The normalized spacial score (nSPS) is 15.2. The van der Waals surface area contributed by atoms with E-state index in [0.717, 1.165) is 44.4 Å². The van der Waals surface area contributed by atoms with Gasteiger partial charge >= 0.3 is 5.97 Å².